The molecule has 20 heteroatoms. The third-order valence-corrected chi connectivity index (χ3v) is 16.6. The third-order valence-electron chi connectivity index (χ3n) is 16.6. The summed E-state index contributed by atoms with van der Waals surface area (Å²) in [5.41, 5.74) is 8.06. The Bertz CT molecular complexity index is 1800. The number of aliphatic hydroxyl groups is 7. The molecule has 0 rings (SSSR count). The Balaban J connectivity index is -0.000000155. The molecule has 0 aliphatic heterocycles. The van der Waals surface area contributed by atoms with E-state index in [1.54, 1.807) is 6.92 Å². The summed E-state index contributed by atoms with van der Waals surface area (Å²) in [6, 6.07) is 0. The molecule has 0 aliphatic carbocycles. The predicted octanol–water partition coefficient (Wildman–Crippen LogP) is 22.4. The molecule has 0 radical (unpaired) electrons. The maximum absolute atomic E-state index is 10.9. The van der Waals surface area contributed by atoms with Gasteiger partial charge >= 0.3 is 12.1 Å². The van der Waals surface area contributed by atoms with Gasteiger partial charge in [0, 0.05) is 93.0 Å². The number of azide groups is 1. The van der Waals surface area contributed by atoms with Gasteiger partial charge in [-0.3, -0.25) is 14.4 Å². The smallest absolute Gasteiger partial charge is 0.406 e. The van der Waals surface area contributed by atoms with Crippen LogP contribution in [0.3, 0.4) is 0 Å². The van der Waals surface area contributed by atoms with Gasteiger partial charge in [0.05, 0.1) is 31.5 Å². The Kier molecular flexibility index (Phi) is 134. The van der Waals surface area contributed by atoms with Crippen LogP contribution >= 0.6 is 0 Å². The number of alkyl carbamates (subject to hydrolysis) is 1. The first-order valence-corrected chi connectivity index (χ1v) is 42.4. The van der Waals surface area contributed by atoms with Crippen molar-refractivity contribution in [3.63, 3.8) is 0 Å². The molecule has 0 fully saturated rings. The number of aliphatic hydroxyl groups excluding tert-OH is 7. The Morgan fingerprint density at radius 1 is 0.387 bits per heavy atom. The average Bonchev–Trinajstić information content (AvgIpc) is 1.46. The Morgan fingerprint density at radius 3 is 1.04 bits per heavy atom. The largest absolute Gasteiger partial charge is 0.481 e. The number of carboxylic acids is 1. The van der Waals surface area contributed by atoms with Crippen molar-refractivity contribution in [3.8, 4) is 0 Å². The molecule has 0 spiro atoms. The molecule has 106 heavy (non-hydrogen) atoms. The molecule has 4 unspecified atom stereocenters. The molecule has 3 amide bonds. The maximum Gasteiger partial charge on any atom is 0.406 e. The summed E-state index contributed by atoms with van der Waals surface area (Å²) in [4.78, 5) is 45.2. The van der Waals surface area contributed by atoms with Crippen molar-refractivity contribution in [1.82, 2.24) is 10.6 Å². The van der Waals surface area contributed by atoms with Gasteiger partial charge in [0.15, 0.2) is 0 Å². The van der Waals surface area contributed by atoms with Crippen LogP contribution in [0.15, 0.2) is 53.7 Å². The molecule has 0 aromatic rings. The topological polar surface area (TPSA) is 321 Å². The zero-order valence-electron chi connectivity index (χ0n) is 70.5. The Hall–Kier alpha value is -3.46. The van der Waals surface area contributed by atoms with Crippen LogP contribution in [0.1, 0.15) is 403 Å². The van der Waals surface area contributed by atoms with E-state index in [0.29, 0.717) is 51.9 Å². The van der Waals surface area contributed by atoms with E-state index in [9.17, 15) is 34.5 Å². The molecule has 19 nitrogen and oxygen atoms in total. The summed E-state index contributed by atoms with van der Waals surface area (Å²) in [6.45, 7) is 21.4. The van der Waals surface area contributed by atoms with Crippen LogP contribution in [-0.2, 0) is 45.6 Å². The van der Waals surface area contributed by atoms with E-state index in [2.05, 4.69) is 129 Å². The number of carbonyl (C=O) groups excluding carboxylic acids is 3. The fourth-order valence-corrected chi connectivity index (χ4v) is 9.78. The van der Waals surface area contributed by atoms with Gasteiger partial charge in [-0.2, -0.15) is 0 Å². The standard InChI is InChI=1S/C20H39NO2.C19H37NO3.C16H30O3.C15H27N3O2.4C4H10O.Ti/c1-4-5-6-13-16-20(23-3)17-14-11-9-7-8-10-12-15-18-21-19(2)22;1-3-4-5-12-15-18(21)16-13-10-8-6-7-9-11-14-17-20-19(22)23-2;1-2-3-12-15(17)13-10-8-6-4-5-7-9-11-14-16(18)19;1-2-11-14(19)12-9-7-5-3-4-6-8-10-13-15(20)17-18-16;4*1-2-3-4-5;/h11,14,20H,4-10,12-13,15-18H2,1-3H3,(H,21,22);10,13,18,21H,3-9,11-12,14-17H2,1-2H3,(H,20,22);8,10,15,17H,2-7,9,11-14H2,1H3,(H,18,19);7,9,14,19H,2-6,8,10-13H2,1H3;4*5H,2-4H2,1H3;/b14-11-;13-10-;10-8-;9-7-;;;;;. The second-order valence-electron chi connectivity index (χ2n) is 27.2. The number of hydrogen-bond acceptors (Lipinski definition) is 13. The Morgan fingerprint density at radius 2 is 0.708 bits per heavy atom. The second kappa shape index (κ2) is 117. The minimum atomic E-state index is -0.690. The van der Waals surface area contributed by atoms with E-state index in [1.807, 2.05) is 7.11 Å². The normalized spacial score (nSPS) is 11.7. The molecule has 4 atom stereocenters. The minimum absolute atomic E-state index is 0. The summed E-state index contributed by atoms with van der Waals surface area (Å²) in [5.74, 6) is -0.972. The molecular formula is C86H173N5O14Ti. The van der Waals surface area contributed by atoms with Gasteiger partial charge in [-0.15, -0.1) is 0 Å². The van der Waals surface area contributed by atoms with Crippen LogP contribution in [0.2, 0.25) is 0 Å². The fraction of sp³-hybridized carbons (Fsp3) is 0.860. The monoisotopic (exact) mass is 1550 g/mol. The average molecular weight is 1550 g/mol. The van der Waals surface area contributed by atoms with Crippen molar-refractivity contribution in [2.45, 2.75) is 427 Å². The molecule has 0 aromatic carbocycles. The molecule has 0 aliphatic rings. The first-order chi connectivity index (χ1) is 50.9. The number of rotatable bonds is 64. The molecule has 0 bridgehead atoms. The van der Waals surface area contributed by atoms with Crippen LogP contribution in [0.4, 0.5) is 4.79 Å². The van der Waals surface area contributed by atoms with Gasteiger partial charge in [-0.05, 0) is 165 Å². The number of nitrogens with one attached hydrogen (secondary N) is 2. The van der Waals surface area contributed by atoms with Crippen LogP contribution in [0.5, 0.6) is 0 Å². The minimum Gasteiger partial charge on any atom is -0.481 e. The van der Waals surface area contributed by atoms with Crippen molar-refractivity contribution < 1.29 is 91.2 Å². The predicted molar refractivity (Wildman–Crippen MR) is 445 cm³/mol. The van der Waals surface area contributed by atoms with E-state index < -0.39 is 5.97 Å². The quantitative estimate of drug-likeness (QED) is 0.00676. The van der Waals surface area contributed by atoms with E-state index >= 15 is 0 Å². The number of aliphatic carboxylic acids is 1. The number of ether oxygens (including phenoxy) is 2. The van der Waals surface area contributed by atoms with Gasteiger partial charge in [-0.1, -0.05) is 277 Å². The SMILES string of the molecule is CCCC(O)C/C=C\CCCCCCCC(=O)N=[N+]=[N-].CCCCC(O)C/C=C\CCCCCCCC(=O)O.CCCCCCC(C/C=C\CCCCCCCNC(C)=O)OC.CCCCCCC(O)C/C=C\CCCCCCCNC(=O)OC.CCCCO.CCCCO.CCCCO.CCCCO.[Ti]. The molecule has 0 aromatic heterocycles. The summed E-state index contributed by atoms with van der Waals surface area (Å²) < 4.78 is 10.1. The van der Waals surface area contributed by atoms with Gasteiger partial charge < -0.3 is 61.0 Å². The molecular weight excluding hydrogens is 1370 g/mol. The zero-order valence-corrected chi connectivity index (χ0v) is 72.1. The van der Waals surface area contributed by atoms with Crippen LogP contribution < -0.4 is 10.6 Å². The number of carbonyl (C=O) groups is 4. The van der Waals surface area contributed by atoms with Crippen LogP contribution in [-0.4, -0.2) is 143 Å². The van der Waals surface area contributed by atoms with E-state index in [4.69, 9.17) is 35.8 Å². The zero-order chi connectivity index (χ0) is 80.2. The summed E-state index contributed by atoms with van der Waals surface area (Å²) in [5, 5.41) is 78.3. The summed E-state index contributed by atoms with van der Waals surface area (Å²) >= 11 is 0. The van der Waals surface area contributed by atoms with Crippen LogP contribution in [0, 0.1) is 0 Å². The first kappa shape index (κ1) is 121. The van der Waals surface area contributed by atoms with Crippen molar-refractivity contribution in [2.75, 3.05) is 53.7 Å². The number of methoxy groups -OCH3 is 2. The van der Waals surface area contributed by atoms with Crippen molar-refractivity contribution in [1.29, 1.82) is 0 Å². The molecule has 10 N–H and O–H groups in total. The first-order valence-electron chi connectivity index (χ1n) is 42.4. The fourth-order valence-electron chi connectivity index (χ4n) is 9.78. The number of amides is 3. The number of carboxylic acid groups (broad SMARTS) is 1. The van der Waals surface area contributed by atoms with E-state index in [0.717, 1.165) is 225 Å². The van der Waals surface area contributed by atoms with Gasteiger partial charge in [0.1, 0.15) is 0 Å². The molecule has 0 saturated heterocycles. The summed E-state index contributed by atoms with van der Waals surface area (Å²) in [7, 11) is 3.22. The molecule has 0 saturated carbocycles. The van der Waals surface area contributed by atoms with E-state index in [-0.39, 0.29) is 57.9 Å². The van der Waals surface area contributed by atoms with Crippen LogP contribution in [0.25, 0.3) is 10.4 Å². The van der Waals surface area contributed by atoms with Crippen molar-refractivity contribution in [2.24, 2.45) is 5.11 Å². The van der Waals surface area contributed by atoms with Crippen molar-refractivity contribution >= 4 is 23.9 Å². The Labute approximate surface area is 667 Å². The molecule has 630 valence electrons. The number of allylic oxidation sites excluding steroid dienone is 4. The van der Waals surface area contributed by atoms with E-state index in [1.165, 1.54) is 116 Å². The van der Waals surface area contributed by atoms with Gasteiger partial charge in [0.2, 0.25) is 11.8 Å². The maximum atomic E-state index is 10.9. The third kappa shape index (κ3) is 139. The molecule has 0 heterocycles. The van der Waals surface area contributed by atoms with Crippen molar-refractivity contribution in [3.05, 3.63) is 59.1 Å². The summed E-state index contributed by atoms with van der Waals surface area (Å²) in [6.07, 6.45) is 73.3. The number of nitrogens with zero attached hydrogens (tertiary/aromatic N) is 3. The van der Waals surface area contributed by atoms with Gasteiger partial charge in [0.25, 0.3) is 0 Å². The second-order valence-corrected chi connectivity index (χ2v) is 27.2. The van der Waals surface area contributed by atoms with Gasteiger partial charge in [-0.25, -0.2) is 4.79 Å². The number of unbranched alkanes of at least 4 members (excludes halogenated alkanes) is 31. The number of hydrogen-bond donors (Lipinski definition) is 10.